The Kier molecular flexibility index (Phi) is 4.69. The van der Waals surface area contributed by atoms with Gasteiger partial charge in [0.1, 0.15) is 10.0 Å². The molecule has 0 bridgehead atoms. The third kappa shape index (κ3) is 3.72. The van der Waals surface area contributed by atoms with Crippen molar-refractivity contribution in [1.82, 2.24) is 4.72 Å². The molecule has 8 heteroatoms. The first kappa shape index (κ1) is 15.3. The molecule has 0 fully saturated rings. The van der Waals surface area contributed by atoms with Crippen LogP contribution in [0.1, 0.15) is 10.4 Å². The lowest BCUT2D eigenvalue weighted by Gasteiger charge is -2.04. The van der Waals surface area contributed by atoms with Crippen LogP contribution in [0.2, 0.25) is 0 Å². The fourth-order valence-corrected chi connectivity index (χ4v) is 4.45. The molecule has 0 radical (unpaired) electrons. The number of ketones is 1. The molecule has 2 aromatic rings. The number of carbonyl (C=O) groups is 1. The summed E-state index contributed by atoms with van der Waals surface area (Å²) in [6.07, 6.45) is 0. The van der Waals surface area contributed by atoms with Gasteiger partial charge in [0.25, 0.3) is 0 Å². The van der Waals surface area contributed by atoms with E-state index < -0.39 is 21.6 Å². The van der Waals surface area contributed by atoms with Crippen LogP contribution in [0.3, 0.4) is 0 Å². The highest BCUT2D eigenvalue weighted by Gasteiger charge is 2.18. The van der Waals surface area contributed by atoms with Crippen molar-refractivity contribution in [2.24, 2.45) is 0 Å². The molecule has 1 heterocycles. The maximum absolute atomic E-state index is 12.7. The highest BCUT2D eigenvalue weighted by molar-refractivity contribution is 9.11. The van der Waals surface area contributed by atoms with E-state index in [1.54, 1.807) is 6.07 Å². The van der Waals surface area contributed by atoms with Crippen LogP contribution >= 0.6 is 27.3 Å². The van der Waals surface area contributed by atoms with Gasteiger partial charge in [-0.25, -0.2) is 17.5 Å². The number of sulfonamides is 1. The lowest BCUT2D eigenvalue weighted by Crippen LogP contribution is -2.29. The second-order valence-electron chi connectivity index (χ2n) is 3.81. The number of hydrogen-bond donors (Lipinski definition) is 1. The van der Waals surface area contributed by atoms with E-state index in [-0.39, 0.29) is 16.3 Å². The van der Waals surface area contributed by atoms with Crippen LogP contribution in [0.25, 0.3) is 0 Å². The molecule has 0 spiro atoms. The predicted molar refractivity (Wildman–Crippen MR) is 77.9 cm³/mol. The minimum atomic E-state index is -3.71. The zero-order valence-electron chi connectivity index (χ0n) is 9.97. The summed E-state index contributed by atoms with van der Waals surface area (Å²) in [4.78, 5) is 11.8. The minimum Gasteiger partial charge on any atom is -0.293 e. The van der Waals surface area contributed by atoms with Gasteiger partial charge in [-0.1, -0.05) is 0 Å². The van der Waals surface area contributed by atoms with Gasteiger partial charge in [0.05, 0.1) is 10.3 Å². The average molecular weight is 378 g/mol. The number of thiophene rings is 1. The van der Waals surface area contributed by atoms with Gasteiger partial charge in [0, 0.05) is 5.56 Å². The molecule has 0 unspecified atom stereocenters. The number of carbonyl (C=O) groups excluding carboxylic acids is 1. The van der Waals surface area contributed by atoms with Gasteiger partial charge in [0.2, 0.25) is 10.0 Å². The Morgan fingerprint density at radius 3 is 2.40 bits per heavy atom. The number of halogens is 2. The van der Waals surface area contributed by atoms with Crippen LogP contribution in [-0.2, 0) is 10.0 Å². The van der Waals surface area contributed by atoms with Gasteiger partial charge in [-0.2, -0.15) is 0 Å². The van der Waals surface area contributed by atoms with Crippen LogP contribution in [0.5, 0.6) is 0 Å². The summed E-state index contributed by atoms with van der Waals surface area (Å²) in [5, 5.41) is 0. The van der Waals surface area contributed by atoms with Gasteiger partial charge in [0.15, 0.2) is 5.78 Å². The standard InChI is InChI=1S/C12H9BrFNO3S2/c13-11-5-6-12(19-11)20(17,18)15-7-10(16)8-1-3-9(14)4-2-8/h1-6,15H,7H2. The lowest BCUT2D eigenvalue weighted by molar-refractivity contribution is 0.0997. The Balaban J connectivity index is 2.05. The third-order valence-corrected chi connectivity index (χ3v) is 5.92. The molecule has 4 nitrogen and oxygen atoms in total. The second-order valence-corrected chi connectivity index (χ2v) is 8.27. The third-order valence-electron chi connectivity index (χ3n) is 2.40. The van der Waals surface area contributed by atoms with Crippen molar-refractivity contribution in [3.05, 3.63) is 51.6 Å². The maximum Gasteiger partial charge on any atom is 0.250 e. The van der Waals surface area contributed by atoms with Crippen LogP contribution in [0, 0.1) is 5.82 Å². The molecule has 0 saturated heterocycles. The van der Waals surface area contributed by atoms with Crippen molar-refractivity contribution >= 4 is 43.1 Å². The number of benzene rings is 1. The fourth-order valence-electron chi connectivity index (χ4n) is 1.41. The fraction of sp³-hybridized carbons (Fsp3) is 0.0833. The van der Waals surface area contributed by atoms with E-state index in [4.69, 9.17) is 0 Å². The summed E-state index contributed by atoms with van der Waals surface area (Å²) in [7, 11) is -3.71. The molecular formula is C12H9BrFNO3S2. The molecule has 0 saturated carbocycles. The van der Waals surface area contributed by atoms with Gasteiger partial charge < -0.3 is 0 Å². The van der Waals surface area contributed by atoms with Crippen LogP contribution < -0.4 is 4.72 Å². The van der Waals surface area contributed by atoms with Crippen molar-refractivity contribution < 1.29 is 17.6 Å². The van der Waals surface area contributed by atoms with Crippen LogP contribution in [0.15, 0.2) is 44.4 Å². The first-order valence-corrected chi connectivity index (χ1v) is 8.51. The smallest absolute Gasteiger partial charge is 0.250 e. The van der Waals surface area contributed by atoms with Crippen molar-refractivity contribution in [3.63, 3.8) is 0 Å². The molecule has 20 heavy (non-hydrogen) atoms. The van der Waals surface area contributed by atoms with E-state index in [2.05, 4.69) is 20.7 Å². The monoisotopic (exact) mass is 377 g/mol. The van der Waals surface area contributed by atoms with Gasteiger partial charge in [-0.3, -0.25) is 4.79 Å². The Bertz CT molecular complexity index is 725. The Hall–Kier alpha value is -1.09. The van der Waals surface area contributed by atoms with E-state index in [9.17, 15) is 17.6 Å². The number of Topliss-reactive ketones (excluding diaryl/α,β-unsaturated/α-hetero) is 1. The maximum atomic E-state index is 12.7. The molecule has 1 aromatic carbocycles. The zero-order chi connectivity index (χ0) is 14.8. The average Bonchev–Trinajstić information content (AvgIpc) is 2.84. The van der Waals surface area contributed by atoms with E-state index in [0.29, 0.717) is 3.79 Å². The van der Waals surface area contributed by atoms with E-state index >= 15 is 0 Å². The Labute approximate surface area is 127 Å². The first-order valence-electron chi connectivity index (χ1n) is 5.42. The zero-order valence-corrected chi connectivity index (χ0v) is 13.2. The SMILES string of the molecule is O=C(CNS(=O)(=O)c1ccc(Br)s1)c1ccc(F)cc1. The van der Waals surface area contributed by atoms with Crippen molar-refractivity contribution in [2.45, 2.75) is 4.21 Å². The molecule has 1 aromatic heterocycles. The highest BCUT2D eigenvalue weighted by atomic mass is 79.9. The highest BCUT2D eigenvalue weighted by Crippen LogP contribution is 2.25. The molecule has 106 valence electrons. The molecule has 2 rings (SSSR count). The lowest BCUT2D eigenvalue weighted by atomic mass is 10.1. The summed E-state index contributed by atoms with van der Waals surface area (Å²) >= 11 is 4.22. The summed E-state index contributed by atoms with van der Waals surface area (Å²) in [6.45, 7) is -0.372. The minimum absolute atomic E-state index is 0.122. The molecule has 0 amide bonds. The van der Waals surface area contributed by atoms with E-state index in [1.807, 2.05) is 0 Å². The second kappa shape index (κ2) is 6.13. The topological polar surface area (TPSA) is 63.2 Å². The number of rotatable bonds is 5. The molecule has 0 aliphatic rings. The van der Waals surface area contributed by atoms with E-state index in [1.165, 1.54) is 18.2 Å². The van der Waals surface area contributed by atoms with E-state index in [0.717, 1.165) is 23.5 Å². The van der Waals surface area contributed by atoms with Crippen LogP contribution in [-0.4, -0.2) is 20.7 Å². The largest absolute Gasteiger partial charge is 0.293 e. The summed E-state index contributed by atoms with van der Waals surface area (Å²) < 4.78 is 39.6. The Morgan fingerprint density at radius 2 is 1.85 bits per heavy atom. The first-order chi connectivity index (χ1) is 9.38. The normalized spacial score (nSPS) is 11.5. The predicted octanol–water partition coefficient (Wildman–Crippen LogP) is 2.81. The van der Waals surface area contributed by atoms with Crippen molar-refractivity contribution in [2.75, 3.05) is 6.54 Å². The van der Waals surface area contributed by atoms with Gasteiger partial charge >= 0.3 is 0 Å². The summed E-state index contributed by atoms with van der Waals surface area (Å²) in [6, 6.07) is 7.98. The molecule has 1 N–H and O–H groups in total. The summed E-state index contributed by atoms with van der Waals surface area (Å²) in [5.74, 6) is -0.880. The quantitative estimate of drug-likeness (QED) is 0.814. The van der Waals surface area contributed by atoms with Gasteiger partial charge in [-0.05, 0) is 52.3 Å². The number of hydrogen-bond acceptors (Lipinski definition) is 4. The Morgan fingerprint density at radius 1 is 1.20 bits per heavy atom. The van der Waals surface area contributed by atoms with Crippen LogP contribution in [0.4, 0.5) is 4.39 Å². The molecule has 0 aliphatic heterocycles. The number of nitrogens with one attached hydrogen (secondary N) is 1. The molecule has 0 aliphatic carbocycles. The molecular weight excluding hydrogens is 369 g/mol. The van der Waals surface area contributed by atoms with Crippen molar-refractivity contribution in [1.29, 1.82) is 0 Å². The molecule has 0 atom stereocenters. The van der Waals surface area contributed by atoms with Crippen molar-refractivity contribution in [3.8, 4) is 0 Å². The summed E-state index contributed by atoms with van der Waals surface area (Å²) in [5.41, 5.74) is 0.251. The van der Waals surface area contributed by atoms with Gasteiger partial charge in [-0.15, -0.1) is 11.3 Å².